The summed E-state index contributed by atoms with van der Waals surface area (Å²) in [6, 6.07) is 4.09. The molecular weight excluding hydrogens is 271 g/mol. The van der Waals surface area contributed by atoms with Gasteiger partial charge in [-0.25, -0.2) is 4.39 Å². The van der Waals surface area contributed by atoms with Crippen LogP contribution in [0.2, 0.25) is 5.02 Å². The molecule has 0 aliphatic heterocycles. The number of carbonyl (C=O) groups excluding carboxylic acids is 1. The fourth-order valence-electron chi connectivity index (χ4n) is 2.57. The lowest BCUT2D eigenvalue weighted by molar-refractivity contribution is -0.157. The Morgan fingerprint density at radius 2 is 2.16 bits per heavy atom. The molecule has 1 aromatic rings. The molecule has 1 saturated carbocycles. The number of carbonyl (C=O) groups is 2. The van der Waals surface area contributed by atoms with Crippen molar-refractivity contribution in [2.75, 3.05) is 0 Å². The van der Waals surface area contributed by atoms with Crippen LogP contribution in [0.4, 0.5) is 4.39 Å². The minimum atomic E-state index is -1.48. The molecule has 19 heavy (non-hydrogen) atoms. The molecule has 1 fully saturated rings. The molecule has 1 aliphatic rings. The maximum absolute atomic E-state index is 13.8. The minimum absolute atomic E-state index is 0.107. The van der Waals surface area contributed by atoms with Gasteiger partial charge in [0.15, 0.2) is 5.78 Å². The van der Waals surface area contributed by atoms with Gasteiger partial charge < -0.3 is 5.11 Å². The Morgan fingerprint density at radius 3 is 2.74 bits per heavy atom. The highest BCUT2D eigenvalue weighted by Gasteiger charge is 2.47. The molecule has 0 bridgehead atoms. The minimum Gasteiger partial charge on any atom is -0.480 e. The molecule has 0 spiro atoms. The fraction of sp³-hybridized carbons (Fsp3) is 0.429. The molecule has 2 rings (SSSR count). The van der Waals surface area contributed by atoms with Crippen molar-refractivity contribution in [3.8, 4) is 0 Å². The molecule has 1 aromatic carbocycles. The number of Topliss-reactive ketones (excluding diaryl/α,β-unsaturated/α-hetero) is 1. The molecule has 102 valence electrons. The Morgan fingerprint density at radius 1 is 1.42 bits per heavy atom. The van der Waals surface area contributed by atoms with E-state index in [1.54, 1.807) is 0 Å². The summed E-state index contributed by atoms with van der Waals surface area (Å²) in [5.74, 6) is -2.03. The van der Waals surface area contributed by atoms with Gasteiger partial charge in [0.05, 0.1) is 0 Å². The summed E-state index contributed by atoms with van der Waals surface area (Å²) >= 11 is 5.66. The summed E-state index contributed by atoms with van der Waals surface area (Å²) in [6.07, 6.45) is 1.79. The van der Waals surface area contributed by atoms with Crippen LogP contribution >= 0.6 is 11.6 Å². The molecule has 0 aromatic heterocycles. The number of carboxylic acid groups (broad SMARTS) is 1. The standard InChI is InChI=1S/C14H14ClFO3/c15-10-5-4-9(11(16)7-10)8-14(13(18)19)6-2-1-3-12(14)17/h4-5,7H,1-3,6,8H2,(H,18,19). The highest BCUT2D eigenvalue weighted by molar-refractivity contribution is 6.30. The topological polar surface area (TPSA) is 54.4 Å². The van der Waals surface area contributed by atoms with Gasteiger partial charge in [0.1, 0.15) is 11.2 Å². The Hall–Kier alpha value is -1.42. The summed E-state index contributed by atoms with van der Waals surface area (Å²) in [5.41, 5.74) is -1.26. The first-order valence-electron chi connectivity index (χ1n) is 6.16. The van der Waals surface area contributed by atoms with Crippen molar-refractivity contribution in [3.63, 3.8) is 0 Å². The normalized spacial score (nSPS) is 23.4. The van der Waals surface area contributed by atoms with Gasteiger partial charge in [-0.2, -0.15) is 0 Å². The van der Waals surface area contributed by atoms with Gasteiger partial charge in [0.2, 0.25) is 0 Å². The van der Waals surface area contributed by atoms with Crippen LogP contribution in [0.3, 0.4) is 0 Å². The third-order valence-electron chi connectivity index (χ3n) is 3.71. The van der Waals surface area contributed by atoms with E-state index < -0.39 is 17.2 Å². The first-order chi connectivity index (χ1) is 8.95. The summed E-state index contributed by atoms with van der Waals surface area (Å²) in [7, 11) is 0. The van der Waals surface area contributed by atoms with Gasteiger partial charge in [-0.15, -0.1) is 0 Å². The van der Waals surface area contributed by atoms with Gasteiger partial charge in [0, 0.05) is 11.4 Å². The van der Waals surface area contributed by atoms with Gasteiger partial charge in [0.25, 0.3) is 0 Å². The second-order valence-corrected chi connectivity index (χ2v) is 5.37. The quantitative estimate of drug-likeness (QED) is 0.867. The van der Waals surface area contributed by atoms with E-state index in [-0.39, 0.29) is 35.6 Å². The second kappa shape index (κ2) is 5.29. The molecule has 0 amide bonds. The number of aliphatic carboxylic acids is 1. The smallest absolute Gasteiger partial charge is 0.317 e. The van der Waals surface area contributed by atoms with Crippen molar-refractivity contribution < 1.29 is 19.1 Å². The predicted octanol–water partition coefficient (Wildman–Crippen LogP) is 3.24. The zero-order valence-corrected chi connectivity index (χ0v) is 11.0. The number of benzene rings is 1. The Bertz CT molecular complexity index is 529. The summed E-state index contributed by atoms with van der Waals surface area (Å²) < 4.78 is 13.8. The van der Waals surface area contributed by atoms with Crippen molar-refractivity contribution >= 4 is 23.4 Å². The molecule has 1 aliphatic carbocycles. The number of rotatable bonds is 3. The van der Waals surface area contributed by atoms with E-state index in [1.807, 2.05) is 0 Å². The largest absolute Gasteiger partial charge is 0.480 e. The molecule has 5 heteroatoms. The Kier molecular flexibility index (Phi) is 3.90. The van der Waals surface area contributed by atoms with Crippen molar-refractivity contribution in [2.45, 2.75) is 32.1 Å². The van der Waals surface area contributed by atoms with Gasteiger partial charge >= 0.3 is 5.97 Å². The number of halogens is 2. The fourth-order valence-corrected chi connectivity index (χ4v) is 2.73. The molecule has 1 atom stereocenters. The molecule has 1 unspecified atom stereocenters. The van der Waals surface area contributed by atoms with Crippen molar-refractivity contribution in [1.29, 1.82) is 0 Å². The van der Waals surface area contributed by atoms with E-state index in [9.17, 15) is 19.1 Å². The number of ketones is 1. The average Bonchev–Trinajstić information content (AvgIpc) is 2.35. The Labute approximate surface area is 115 Å². The first kappa shape index (κ1) is 14.0. The zero-order chi connectivity index (χ0) is 14.0. The molecule has 0 radical (unpaired) electrons. The van der Waals surface area contributed by atoms with Crippen molar-refractivity contribution in [1.82, 2.24) is 0 Å². The van der Waals surface area contributed by atoms with Crippen LogP contribution in [-0.4, -0.2) is 16.9 Å². The highest BCUT2D eigenvalue weighted by Crippen LogP contribution is 2.37. The maximum atomic E-state index is 13.8. The van der Waals surface area contributed by atoms with Crippen LogP contribution in [0, 0.1) is 11.2 Å². The van der Waals surface area contributed by atoms with Crippen molar-refractivity contribution in [2.24, 2.45) is 5.41 Å². The number of carboxylic acids is 1. The van der Waals surface area contributed by atoms with Crippen LogP contribution in [0.25, 0.3) is 0 Å². The third kappa shape index (κ3) is 2.63. The van der Waals surface area contributed by atoms with Crippen LogP contribution in [0.15, 0.2) is 18.2 Å². The maximum Gasteiger partial charge on any atom is 0.317 e. The van der Waals surface area contributed by atoms with Crippen LogP contribution < -0.4 is 0 Å². The summed E-state index contributed by atoms with van der Waals surface area (Å²) in [4.78, 5) is 23.5. The van der Waals surface area contributed by atoms with E-state index >= 15 is 0 Å². The average molecular weight is 285 g/mol. The van der Waals surface area contributed by atoms with Crippen LogP contribution in [0.1, 0.15) is 31.2 Å². The zero-order valence-electron chi connectivity index (χ0n) is 10.3. The lowest BCUT2D eigenvalue weighted by Gasteiger charge is -2.31. The Balaban J connectivity index is 2.36. The highest BCUT2D eigenvalue weighted by atomic mass is 35.5. The molecule has 3 nitrogen and oxygen atoms in total. The van der Waals surface area contributed by atoms with Crippen LogP contribution in [0.5, 0.6) is 0 Å². The lowest BCUT2D eigenvalue weighted by Crippen LogP contribution is -2.43. The monoisotopic (exact) mass is 284 g/mol. The summed E-state index contributed by atoms with van der Waals surface area (Å²) in [5, 5.41) is 9.65. The molecule has 0 heterocycles. The predicted molar refractivity (Wildman–Crippen MR) is 68.7 cm³/mol. The molecule has 0 saturated heterocycles. The number of hydrogen-bond acceptors (Lipinski definition) is 2. The first-order valence-corrected chi connectivity index (χ1v) is 6.54. The SMILES string of the molecule is O=C(O)C1(Cc2ccc(Cl)cc2F)CCCCC1=O. The summed E-state index contributed by atoms with van der Waals surface area (Å²) in [6.45, 7) is 0. The van der Waals surface area contributed by atoms with E-state index in [0.717, 1.165) is 6.07 Å². The molecule has 1 N–H and O–H groups in total. The second-order valence-electron chi connectivity index (χ2n) is 4.93. The number of hydrogen-bond donors (Lipinski definition) is 1. The van der Waals surface area contributed by atoms with Crippen LogP contribution in [-0.2, 0) is 16.0 Å². The van der Waals surface area contributed by atoms with E-state index in [4.69, 9.17) is 11.6 Å². The van der Waals surface area contributed by atoms with Gasteiger partial charge in [-0.05, 0) is 37.0 Å². The lowest BCUT2D eigenvalue weighted by atomic mass is 9.69. The van der Waals surface area contributed by atoms with E-state index in [2.05, 4.69) is 0 Å². The molecular formula is C14H14ClFO3. The third-order valence-corrected chi connectivity index (χ3v) is 3.94. The van der Waals surface area contributed by atoms with E-state index in [1.165, 1.54) is 12.1 Å². The van der Waals surface area contributed by atoms with Gasteiger partial charge in [-0.1, -0.05) is 24.1 Å². The van der Waals surface area contributed by atoms with E-state index in [0.29, 0.717) is 12.8 Å². The van der Waals surface area contributed by atoms with Crippen molar-refractivity contribution in [3.05, 3.63) is 34.6 Å². The van der Waals surface area contributed by atoms with Gasteiger partial charge in [-0.3, -0.25) is 9.59 Å².